The summed E-state index contributed by atoms with van der Waals surface area (Å²) < 4.78 is 5.25. The summed E-state index contributed by atoms with van der Waals surface area (Å²) in [7, 11) is 0. The molecule has 3 heteroatoms. The van der Waals surface area contributed by atoms with E-state index in [0.717, 1.165) is 19.4 Å². The lowest BCUT2D eigenvalue weighted by Gasteiger charge is -2.23. The van der Waals surface area contributed by atoms with Gasteiger partial charge in [-0.05, 0) is 12.8 Å². The molecule has 0 bridgehead atoms. The minimum atomic E-state index is 0.0759. The Balaban J connectivity index is 2.24. The summed E-state index contributed by atoms with van der Waals surface area (Å²) in [5.41, 5.74) is 0. The summed E-state index contributed by atoms with van der Waals surface area (Å²) in [6.07, 6.45) is 2.11. The fourth-order valence-corrected chi connectivity index (χ4v) is 1.22. The number of amides is 1. The molecule has 0 aromatic carbocycles. The van der Waals surface area contributed by atoms with Crippen LogP contribution < -0.4 is 5.32 Å². The van der Waals surface area contributed by atoms with E-state index in [1.165, 1.54) is 0 Å². The fourth-order valence-electron chi connectivity index (χ4n) is 1.22. The van der Waals surface area contributed by atoms with Crippen LogP contribution in [0.4, 0.5) is 0 Å². The maximum absolute atomic E-state index is 11.2. The van der Waals surface area contributed by atoms with Crippen LogP contribution in [-0.4, -0.2) is 25.2 Å². The van der Waals surface area contributed by atoms with Gasteiger partial charge in [-0.25, -0.2) is 0 Å². The van der Waals surface area contributed by atoms with E-state index in [1.807, 2.05) is 13.8 Å². The molecule has 1 atom stereocenters. The summed E-state index contributed by atoms with van der Waals surface area (Å²) in [6, 6.07) is 0.244. The highest BCUT2D eigenvalue weighted by Crippen LogP contribution is 2.06. The normalized spacial score (nSPS) is 24.1. The molecule has 1 heterocycles. The summed E-state index contributed by atoms with van der Waals surface area (Å²) in [6.45, 7) is 5.32. The Morgan fingerprint density at radius 2 is 2.33 bits per heavy atom. The van der Waals surface area contributed by atoms with E-state index in [-0.39, 0.29) is 17.9 Å². The fraction of sp³-hybridized carbons (Fsp3) is 0.889. The zero-order chi connectivity index (χ0) is 8.97. The van der Waals surface area contributed by atoms with Crippen molar-refractivity contribution < 1.29 is 9.53 Å². The molecule has 0 saturated carbocycles. The summed E-state index contributed by atoms with van der Waals surface area (Å²) in [5, 5.41) is 2.95. The first-order chi connectivity index (χ1) is 5.70. The van der Waals surface area contributed by atoms with Gasteiger partial charge in [0.05, 0.1) is 12.6 Å². The molecular weight excluding hydrogens is 154 g/mol. The van der Waals surface area contributed by atoms with Crippen LogP contribution in [0.3, 0.4) is 0 Å². The van der Waals surface area contributed by atoms with Crippen molar-refractivity contribution in [2.75, 3.05) is 13.2 Å². The first kappa shape index (κ1) is 9.52. The van der Waals surface area contributed by atoms with Gasteiger partial charge in [0.2, 0.25) is 5.91 Å². The lowest BCUT2D eigenvalue weighted by molar-refractivity contribution is -0.125. The Morgan fingerprint density at radius 1 is 1.58 bits per heavy atom. The number of rotatable bonds is 2. The molecule has 0 aromatic heterocycles. The first-order valence-corrected chi connectivity index (χ1v) is 4.58. The zero-order valence-corrected chi connectivity index (χ0v) is 7.80. The Hall–Kier alpha value is -0.570. The number of carbonyl (C=O) groups is 1. The maximum atomic E-state index is 11.2. The van der Waals surface area contributed by atoms with Crippen LogP contribution >= 0.6 is 0 Å². The first-order valence-electron chi connectivity index (χ1n) is 4.58. The SMILES string of the molecule is CC(C)C(=O)NC1CCCOC1. The van der Waals surface area contributed by atoms with E-state index in [0.29, 0.717) is 6.61 Å². The predicted molar refractivity (Wildman–Crippen MR) is 46.8 cm³/mol. The minimum Gasteiger partial charge on any atom is -0.379 e. The quantitative estimate of drug-likeness (QED) is 0.671. The minimum absolute atomic E-state index is 0.0759. The number of nitrogens with one attached hydrogen (secondary N) is 1. The van der Waals surface area contributed by atoms with Gasteiger partial charge >= 0.3 is 0 Å². The Bertz CT molecular complexity index is 151. The van der Waals surface area contributed by atoms with Gasteiger partial charge in [-0.15, -0.1) is 0 Å². The van der Waals surface area contributed by atoms with Crippen molar-refractivity contribution >= 4 is 5.91 Å². The van der Waals surface area contributed by atoms with Crippen molar-refractivity contribution in [3.05, 3.63) is 0 Å². The van der Waals surface area contributed by atoms with Crippen LogP contribution in [0.15, 0.2) is 0 Å². The number of ether oxygens (including phenoxy) is 1. The van der Waals surface area contributed by atoms with Gasteiger partial charge in [0, 0.05) is 12.5 Å². The second kappa shape index (κ2) is 4.45. The second-order valence-electron chi connectivity index (χ2n) is 3.58. The summed E-state index contributed by atoms with van der Waals surface area (Å²) >= 11 is 0. The standard InChI is InChI=1S/C9H17NO2/c1-7(2)9(11)10-8-4-3-5-12-6-8/h7-8H,3-6H2,1-2H3,(H,10,11). The van der Waals surface area contributed by atoms with E-state index in [9.17, 15) is 4.79 Å². The largest absolute Gasteiger partial charge is 0.379 e. The monoisotopic (exact) mass is 171 g/mol. The molecule has 3 nitrogen and oxygen atoms in total. The predicted octanol–water partition coefficient (Wildman–Crippen LogP) is 0.938. The van der Waals surface area contributed by atoms with E-state index >= 15 is 0 Å². The van der Waals surface area contributed by atoms with Crippen LogP contribution in [0.1, 0.15) is 26.7 Å². The molecule has 12 heavy (non-hydrogen) atoms. The maximum Gasteiger partial charge on any atom is 0.222 e. The molecular formula is C9H17NO2. The third-order valence-electron chi connectivity index (χ3n) is 2.03. The van der Waals surface area contributed by atoms with Crippen molar-refractivity contribution in [1.29, 1.82) is 0 Å². The van der Waals surface area contributed by atoms with E-state index in [2.05, 4.69) is 5.32 Å². The van der Waals surface area contributed by atoms with Crippen LogP contribution in [0.2, 0.25) is 0 Å². The van der Waals surface area contributed by atoms with Crippen LogP contribution in [0.5, 0.6) is 0 Å². The highest BCUT2D eigenvalue weighted by molar-refractivity contribution is 5.78. The highest BCUT2D eigenvalue weighted by Gasteiger charge is 2.17. The molecule has 1 rings (SSSR count). The molecule has 0 radical (unpaired) electrons. The summed E-state index contributed by atoms with van der Waals surface area (Å²) in [5.74, 6) is 0.206. The smallest absolute Gasteiger partial charge is 0.222 e. The zero-order valence-electron chi connectivity index (χ0n) is 7.80. The molecule has 0 aromatic rings. The molecule has 1 saturated heterocycles. The third kappa shape index (κ3) is 2.81. The molecule has 1 fully saturated rings. The second-order valence-corrected chi connectivity index (χ2v) is 3.58. The number of hydrogen-bond acceptors (Lipinski definition) is 2. The van der Waals surface area contributed by atoms with Gasteiger partial charge in [-0.2, -0.15) is 0 Å². The molecule has 1 amide bonds. The average molecular weight is 171 g/mol. The van der Waals surface area contributed by atoms with Gasteiger partial charge < -0.3 is 10.1 Å². The van der Waals surface area contributed by atoms with E-state index in [4.69, 9.17) is 4.74 Å². The van der Waals surface area contributed by atoms with Crippen molar-refractivity contribution in [3.63, 3.8) is 0 Å². The van der Waals surface area contributed by atoms with Crippen LogP contribution in [0, 0.1) is 5.92 Å². The van der Waals surface area contributed by atoms with E-state index < -0.39 is 0 Å². The van der Waals surface area contributed by atoms with Crippen LogP contribution in [-0.2, 0) is 9.53 Å². The average Bonchev–Trinajstić information content (AvgIpc) is 2.06. The van der Waals surface area contributed by atoms with E-state index in [1.54, 1.807) is 0 Å². The molecule has 1 N–H and O–H groups in total. The van der Waals surface area contributed by atoms with Gasteiger partial charge in [0.1, 0.15) is 0 Å². The van der Waals surface area contributed by atoms with Crippen molar-refractivity contribution in [3.8, 4) is 0 Å². The molecule has 1 aliphatic rings. The number of hydrogen-bond donors (Lipinski definition) is 1. The Labute approximate surface area is 73.5 Å². The highest BCUT2D eigenvalue weighted by atomic mass is 16.5. The topological polar surface area (TPSA) is 38.3 Å². The van der Waals surface area contributed by atoms with Gasteiger partial charge in [0.25, 0.3) is 0 Å². The summed E-state index contributed by atoms with van der Waals surface area (Å²) in [4.78, 5) is 11.2. The van der Waals surface area contributed by atoms with Gasteiger partial charge in [-0.1, -0.05) is 13.8 Å². The number of carbonyl (C=O) groups excluding carboxylic acids is 1. The van der Waals surface area contributed by atoms with Crippen molar-refractivity contribution in [2.45, 2.75) is 32.7 Å². The van der Waals surface area contributed by atoms with Gasteiger partial charge in [0.15, 0.2) is 0 Å². The van der Waals surface area contributed by atoms with Gasteiger partial charge in [-0.3, -0.25) is 4.79 Å². The molecule has 70 valence electrons. The van der Waals surface area contributed by atoms with Crippen LogP contribution in [0.25, 0.3) is 0 Å². The lowest BCUT2D eigenvalue weighted by Crippen LogP contribution is -2.42. The lowest BCUT2D eigenvalue weighted by atomic mass is 10.1. The molecule has 1 unspecified atom stereocenters. The van der Waals surface area contributed by atoms with Crippen molar-refractivity contribution in [1.82, 2.24) is 5.32 Å². The molecule has 0 spiro atoms. The molecule has 1 aliphatic heterocycles. The third-order valence-corrected chi connectivity index (χ3v) is 2.03. The Kier molecular flexibility index (Phi) is 3.53. The Morgan fingerprint density at radius 3 is 2.83 bits per heavy atom. The van der Waals surface area contributed by atoms with Crippen molar-refractivity contribution in [2.24, 2.45) is 5.92 Å². The molecule has 0 aliphatic carbocycles.